The summed E-state index contributed by atoms with van der Waals surface area (Å²) in [7, 11) is 1.35. The molecule has 110 valence electrons. The molecule has 21 heavy (non-hydrogen) atoms. The van der Waals surface area contributed by atoms with Gasteiger partial charge in [0.25, 0.3) is 0 Å². The van der Waals surface area contributed by atoms with Gasteiger partial charge in [0.1, 0.15) is 0 Å². The van der Waals surface area contributed by atoms with Crippen molar-refractivity contribution < 1.29 is 9.53 Å². The number of carbonyl (C=O) groups is 1. The Morgan fingerprint density at radius 1 is 1.29 bits per heavy atom. The molecule has 0 unspecified atom stereocenters. The Morgan fingerprint density at radius 3 is 2.71 bits per heavy atom. The summed E-state index contributed by atoms with van der Waals surface area (Å²) in [5.74, 6) is -0.368. The summed E-state index contributed by atoms with van der Waals surface area (Å²) in [5.41, 5.74) is 2.24. The fourth-order valence-electron chi connectivity index (χ4n) is 1.77. The lowest BCUT2D eigenvalue weighted by Gasteiger charge is -2.11. The first kappa shape index (κ1) is 16.1. The van der Waals surface area contributed by atoms with Gasteiger partial charge in [-0.2, -0.15) is 0 Å². The van der Waals surface area contributed by atoms with E-state index in [2.05, 4.69) is 26.0 Å². The van der Waals surface area contributed by atoms with Gasteiger partial charge < -0.3 is 10.1 Å². The summed E-state index contributed by atoms with van der Waals surface area (Å²) in [5, 5.41) is 4.20. The standard InChI is InChI=1S/C15H12BrCl2NO2/c1-21-15(20)9-5-6-10(11(16)7-9)8-19-13-4-2-3-12(17)14(13)18/h2-7,19H,8H2,1H3. The summed E-state index contributed by atoms with van der Waals surface area (Å²) in [6, 6.07) is 10.7. The van der Waals surface area contributed by atoms with Crippen LogP contribution in [0, 0.1) is 0 Å². The third kappa shape index (κ3) is 3.90. The molecule has 0 aliphatic heterocycles. The van der Waals surface area contributed by atoms with E-state index in [9.17, 15) is 4.79 Å². The molecule has 0 fully saturated rings. The van der Waals surface area contributed by atoms with Crippen molar-refractivity contribution in [1.29, 1.82) is 0 Å². The topological polar surface area (TPSA) is 38.3 Å². The van der Waals surface area contributed by atoms with E-state index in [-0.39, 0.29) is 5.97 Å². The van der Waals surface area contributed by atoms with Crippen LogP contribution in [0.2, 0.25) is 10.0 Å². The Hall–Kier alpha value is -1.23. The Balaban J connectivity index is 2.13. The zero-order chi connectivity index (χ0) is 15.4. The summed E-state index contributed by atoms with van der Waals surface area (Å²) in [6.07, 6.45) is 0. The quantitative estimate of drug-likeness (QED) is 0.735. The van der Waals surface area contributed by atoms with E-state index in [1.807, 2.05) is 18.2 Å². The highest BCUT2D eigenvalue weighted by Gasteiger charge is 2.09. The van der Waals surface area contributed by atoms with E-state index in [1.54, 1.807) is 18.2 Å². The molecule has 0 bridgehead atoms. The van der Waals surface area contributed by atoms with Crippen LogP contribution in [0.25, 0.3) is 0 Å². The van der Waals surface area contributed by atoms with E-state index in [1.165, 1.54) is 7.11 Å². The highest BCUT2D eigenvalue weighted by Crippen LogP contribution is 2.30. The number of hydrogen-bond acceptors (Lipinski definition) is 3. The van der Waals surface area contributed by atoms with Crippen LogP contribution in [0.4, 0.5) is 5.69 Å². The zero-order valence-electron chi connectivity index (χ0n) is 11.1. The van der Waals surface area contributed by atoms with Gasteiger partial charge >= 0.3 is 5.97 Å². The molecule has 2 aromatic rings. The maximum atomic E-state index is 11.4. The molecule has 0 radical (unpaired) electrons. The van der Waals surface area contributed by atoms with Gasteiger partial charge in [-0.15, -0.1) is 0 Å². The Labute approximate surface area is 141 Å². The number of esters is 1. The predicted octanol–water partition coefficient (Wildman–Crippen LogP) is 5.15. The second-order valence-electron chi connectivity index (χ2n) is 4.25. The highest BCUT2D eigenvalue weighted by atomic mass is 79.9. The van der Waals surface area contributed by atoms with E-state index in [0.29, 0.717) is 22.2 Å². The third-order valence-corrected chi connectivity index (χ3v) is 4.45. The average Bonchev–Trinajstić information content (AvgIpc) is 2.49. The highest BCUT2D eigenvalue weighted by molar-refractivity contribution is 9.10. The molecule has 0 aliphatic rings. The molecule has 0 heterocycles. The smallest absolute Gasteiger partial charge is 0.337 e. The number of methoxy groups -OCH3 is 1. The van der Waals surface area contributed by atoms with E-state index < -0.39 is 0 Å². The minimum atomic E-state index is -0.368. The monoisotopic (exact) mass is 387 g/mol. The van der Waals surface area contributed by atoms with Crippen LogP contribution < -0.4 is 5.32 Å². The molecule has 0 spiro atoms. The van der Waals surface area contributed by atoms with Crippen LogP contribution in [0.15, 0.2) is 40.9 Å². The molecule has 0 atom stereocenters. The first-order valence-electron chi connectivity index (χ1n) is 6.07. The van der Waals surface area contributed by atoms with Crippen molar-refractivity contribution >= 4 is 50.8 Å². The van der Waals surface area contributed by atoms with Crippen molar-refractivity contribution in [3.8, 4) is 0 Å². The molecular formula is C15H12BrCl2NO2. The molecule has 0 amide bonds. The van der Waals surface area contributed by atoms with Crippen molar-refractivity contribution in [2.24, 2.45) is 0 Å². The van der Waals surface area contributed by atoms with Crippen LogP contribution >= 0.6 is 39.1 Å². The van der Waals surface area contributed by atoms with E-state index >= 15 is 0 Å². The number of benzene rings is 2. The van der Waals surface area contributed by atoms with Crippen molar-refractivity contribution in [3.63, 3.8) is 0 Å². The lowest BCUT2D eigenvalue weighted by molar-refractivity contribution is 0.0600. The van der Waals surface area contributed by atoms with Crippen molar-refractivity contribution in [3.05, 3.63) is 62.0 Å². The maximum absolute atomic E-state index is 11.4. The van der Waals surface area contributed by atoms with Crippen LogP contribution in [-0.4, -0.2) is 13.1 Å². The lowest BCUT2D eigenvalue weighted by atomic mass is 10.1. The summed E-state index contributed by atoms with van der Waals surface area (Å²) < 4.78 is 5.50. The minimum absolute atomic E-state index is 0.368. The second-order valence-corrected chi connectivity index (χ2v) is 5.89. The predicted molar refractivity (Wildman–Crippen MR) is 89.3 cm³/mol. The Morgan fingerprint density at radius 2 is 2.05 bits per heavy atom. The van der Waals surface area contributed by atoms with Gasteiger partial charge in [0, 0.05) is 11.0 Å². The lowest BCUT2D eigenvalue weighted by Crippen LogP contribution is -2.04. The normalized spacial score (nSPS) is 10.3. The van der Waals surface area contributed by atoms with Gasteiger partial charge in [0.05, 0.1) is 28.4 Å². The van der Waals surface area contributed by atoms with Gasteiger partial charge in [-0.1, -0.05) is 51.3 Å². The number of ether oxygens (including phenoxy) is 1. The van der Waals surface area contributed by atoms with Gasteiger partial charge in [-0.3, -0.25) is 0 Å². The fourth-order valence-corrected chi connectivity index (χ4v) is 2.65. The molecular weight excluding hydrogens is 377 g/mol. The van der Waals surface area contributed by atoms with Crippen molar-refractivity contribution in [2.75, 3.05) is 12.4 Å². The SMILES string of the molecule is COC(=O)c1ccc(CNc2cccc(Cl)c2Cl)c(Br)c1. The number of anilines is 1. The van der Waals surface area contributed by atoms with Crippen molar-refractivity contribution in [1.82, 2.24) is 0 Å². The first-order valence-corrected chi connectivity index (χ1v) is 7.62. The first-order chi connectivity index (χ1) is 10.0. The molecule has 3 nitrogen and oxygen atoms in total. The van der Waals surface area contributed by atoms with Gasteiger partial charge in [-0.25, -0.2) is 4.79 Å². The number of halogens is 3. The fraction of sp³-hybridized carbons (Fsp3) is 0.133. The van der Waals surface area contributed by atoms with Crippen LogP contribution in [0.5, 0.6) is 0 Å². The van der Waals surface area contributed by atoms with Gasteiger partial charge in [0.2, 0.25) is 0 Å². The Kier molecular flexibility index (Phi) is 5.51. The molecule has 6 heteroatoms. The van der Waals surface area contributed by atoms with Gasteiger partial charge in [0.15, 0.2) is 0 Å². The largest absolute Gasteiger partial charge is 0.465 e. The van der Waals surface area contributed by atoms with Gasteiger partial charge in [-0.05, 0) is 29.8 Å². The summed E-state index contributed by atoms with van der Waals surface area (Å²) in [6.45, 7) is 0.544. The number of rotatable bonds is 4. The van der Waals surface area contributed by atoms with Crippen LogP contribution in [-0.2, 0) is 11.3 Å². The molecule has 2 rings (SSSR count). The van der Waals surface area contributed by atoms with E-state index in [4.69, 9.17) is 23.2 Å². The number of nitrogens with one attached hydrogen (secondary N) is 1. The maximum Gasteiger partial charge on any atom is 0.337 e. The molecule has 0 aromatic heterocycles. The zero-order valence-corrected chi connectivity index (χ0v) is 14.2. The number of carbonyl (C=O) groups excluding carboxylic acids is 1. The molecule has 0 saturated heterocycles. The Bertz CT molecular complexity index is 677. The minimum Gasteiger partial charge on any atom is -0.465 e. The third-order valence-electron chi connectivity index (χ3n) is 2.90. The molecule has 1 N–H and O–H groups in total. The van der Waals surface area contributed by atoms with Crippen LogP contribution in [0.1, 0.15) is 15.9 Å². The summed E-state index contributed by atoms with van der Waals surface area (Å²) in [4.78, 5) is 11.4. The summed E-state index contributed by atoms with van der Waals surface area (Å²) >= 11 is 15.5. The molecule has 0 saturated carbocycles. The average molecular weight is 389 g/mol. The van der Waals surface area contributed by atoms with E-state index in [0.717, 1.165) is 15.7 Å². The number of hydrogen-bond donors (Lipinski definition) is 1. The second kappa shape index (κ2) is 7.16. The molecule has 2 aromatic carbocycles. The van der Waals surface area contributed by atoms with Crippen LogP contribution in [0.3, 0.4) is 0 Å². The molecule has 0 aliphatic carbocycles. The van der Waals surface area contributed by atoms with Crippen molar-refractivity contribution in [2.45, 2.75) is 6.54 Å².